The highest BCUT2D eigenvalue weighted by Crippen LogP contribution is 2.48. The van der Waals surface area contributed by atoms with Crippen LogP contribution in [-0.4, -0.2) is 11.9 Å². The van der Waals surface area contributed by atoms with E-state index < -0.39 is 11.9 Å². The molecule has 4 heteroatoms. The first kappa shape index (κ1) is 28.9. The molecule has 0 bridgehead atoms. The average Bonchev–Trinajstić information content (AvgIpc) is 2.94. The zero-order valence-electron chi connectivity index (χ0n) is 24.0. The fourth-order valence-corrected chi connectivity index (χ4v) is 6.36. The molecule has 2 aliphatic carbocycles. The van der Waals surface area contributed by atoms with E-state index >= 15 is 0 Å². The lowest BCUT2D eigenvalue weighted by Crippen LogP contribution is -2.33. The molecule has 2 aromatic rings. The summed E-state index contributed by atoms with van der Waals surface area (Å²) < 4.78 is 10.9. The Balaban J connectivity index is 1.51. The SMILES string of the molecule is C=C(C)C(=O)Oc1ccc(C2(c3ccc(OC(=O)C(=C)C)cc3)CCC(CCC3CCC(C)CC3)CC2)cc1. The number of benzene rings is 2. The van der Waals surface area contributed by atoms with Crippen molar-refractivity contribution in [3.05, 3.63) is 84.0 Å². The van der Waals surface area contributed by atoms with Crippen LogP contribution in [-0.2, 0) is 15.0 Å². The van der Waals surface area contributed by atoms with Crippen molar-refractivity contribution in [1.29, 1.82) is 0 Å². The molecule has 0 N–H and O–H groups in total. The van der Waals surface area contributed by atoms with Gasteiger partial charge in [-0.25, -0.2) is 9.59 Å². The van der Waals surface area contributed by atoms with Crippen molar-refractivity contribution in [2.75, 3.05) is 0 Å². The minimum atomic E-state index is -0.412. The Morgan fingerprint density at radius 2 is 1.08 bits per heavy atom. The topological polar surface area (TPSA) is 52.6 Å². The second-order valence-corrected chi connectivity index (χ2v) is 12.1. The predicted octanol–water partition coefficient (Wildman–Crippen LogP) is 8.73. The van der Waals surface area contributed by atoms with Crippen LogP contribution in [0.15, 0.2) is 72.8 Å². The van der Waals surface area contributed by atoms with Gasteiger partial charge in [-0.1, -0.05) is 82.9 Å². The van der Waals surface area contributed by atoms with E-state index in [1.54, 1.807) is 13.8 Å². The van der Waals surface area contributed by atoms with E-state index in [4.69, 9.17) is 9.47 Å². The Morgan fingerprint density at radius 3 is 1.46 bits per heavy atom. The van der Waals surface area contributed by atoms with Crippen LogP contribution in [0, 0.1) is 17.8 Å². The molecule has 4 rings (SSSR count). The van der Waals surface area contributed by atoms with Gasteiger partial charge in [0.05, 0.1) is 0 Å². The van der Waals surface area contributed by atoms with Crippen molar-refractivity contribution < 1.29 is 19.1 Å². The molecule has 39 heavy (non-hydrogen) atoms. The van der Waals surface area contributed by atoms with Crippen molar-refractivity contribution >= 4 is 11.9 Å². The van der Waals surface area contributed by atoms with E-state index in [1.165, 1.54) is 62.5 Å². The Kier molecular flexibility index (Phi) is 9.48. The van der Waals surface area contributed by atoms with Gasteiger partial charge < -0.3 is 9.47 Å². The molecule has 2 saturated carbocycles. The van der Waals surface area contributed by atoms with Crippen molar-refractivity contribution in [3.8, 4) is 11.5 Å². The van der Waals surface area contributed by atoms with Gasteiger partial charge in [-0.2, -0.15) is 0 Å². The highest BCUT2D eigenvalue weighted by Gasteiger charge is 2.38. The van der Waals surface area contributed by atoms with Crippen molar-refractivity contribution in [1.82, 2.24) is 0 Å². The summed E-state index contributed by atoms with van der Waals surface area (Å²) in [5.74, 6) is 2.82. The minimum absolute atomic E-state index is 0.134. The predicted molar refractivity (Wildman–Crippen MR) is 157 cm³/mol. The molecule has 0 heterocycles. The van der Waals surface area contributed by atoms with Crippen LogP contribution < -0.4 is 9.47 Å². The summed E-state index contributed by atoms with van der Waals surface area (Å²) in [6, 6.07) is 15.9. The van der Waals surface area contributed by atoms with E-state index in [-0.39, 0.29) is 5.41 Å². The van der Waals surface area contributed by atoms with Gasteiger partial charge in [-0.3, -0.25) is 0 Å². The average molecular weight is 529 g/mol. The van der Waals surface area contributed by atoms with Gasteiger partial charge in [-0.15, -0.1) is 0 Å². The maximum absolute atomic E-state index is 12.0. The zero-order chi connectivity index (χ0) is 28.0. The highest BCUT2D eigenvalue weighted by molar-refractivity contribution is 5.89. The Hall–Kier alpha value is -3.14. The number of hydrogen-bond donors (Lipinski definition) is 0. The van der Waals surface area contributed by atoms with E-state index in [2.05, 4.69) is 44.3 Å². The van der Waals surface area contributed by atoms with Gasteiger partial charge in [0.2, 0.25) is 0 Å². The first-order chi connectivity index (χ1) is 18.7. The van der Waals surface area contributed by atoms with Crippen molar-refractivity contribution in [2.45, 2.75) is 90.4 Å². The van der Waals surface area contributed by atoms with E-state index in [0.29, 0.717) is 22.6 Å². The maximum Gasteiger partial charge on any atom is 0.338 e. The smallest absolute Gasteiger partial charge is 0.338 e. The van der Waals surface area contributed by atoms with Gasteiger partial charge in [0.15, 0.2) is 0 Å². The van der Waals surface area contributed by atoms with Crippen LogP contribution in [0.2, 0.25) is 0 Å². The normalized spacial score (nSPS) is 21.1. The number of carbonyl (C=O) groups excluding carboxylic acids is 2. The van der Waals surface area contributed by atoms with Crippen LogP contribution >= 0.6 is 0 Å². The monoisotopic (exact) mass is 528 g/mol. The van der Waals surface area contributed by atoms with E-state index in [9.17, 15) is 9.59 Å². The highest BCUT2D eigenvalue weighted by atomic mass is 16.5. The second kappa shape index (κ2) is 12.8. The zero-order valence-corrected chi connectivity index (χ0v) is 24.0. The number of esters is 2. The van der Waals surface area contributed by atoms with Crippen LogP contribution in [0.5, 0.6) is 11.5 Å². The second-order valence-electron chi connectivity index (χ2n) is 12.1. The number of ether oxygens (including phenoxy) is 2. The molecule has 2 fully saturated rings. The third-order valence-electron chi connectivity index (χ3n) is 9.01. The lowest BCUT2D eigenvalue weighted by molar-refractivity contribution is -0.130. The fraction of sp³-hybridized carbons (Fsp3) is 0.486. The number of hydrogen-bond acceptors (Lipinski definition) is 4. The molecule has 0 amide bonds. The molecule has 2 aliphatic rings. The third-order valence-corrected chi connectivity index (χ3v) is 9.01. The Bertz CT molecular complexity index is 1080. The summed E-state index contributed by atoms with van der Waals surface area (Å²) in [5.41, 5.74) is 3.08. The Morgan fingerprint density at radius 1 is 0.692 bits per heavy atom. The quantitative estimate of drug-likeness (QED) is 0.185. The van der Waals surface area contributed by atoms with Gasteiger partial charge >= 0.3 is 11.9 Å². The molecule has 0 unspecified atom stereocenters. The molecule has 0 spiro atoms. The van der Waals surface area contributed by atoms with Gasteiger partial charge in [0.25, 0.3) is 0 Å². The molecule has 0 radical (unpaired) electrons. The van der Waals surface area contributed by atoms with Crippen LogP contribution in [0.1, 0.15) is 96.1 Å². The molecule has 0 aromatic heterocycles. The summed E-state index contributed by atoms with van der Waals surface area (Å²) in [5, 5.41) is 0. The molecule has 0 aliphatic heterocycles. The van der Waals surface area contributed by atoms with Crippen molar-refractivity contribution in [3.63, 3.8) is 0 Å². The fourth-order valence-electron chi connectivity index (χ4n) is 6.36. The van der Waals surface area contributed by atoms with Gasteiger partial charge in [0, 0.05) is 16.6 Å². The largest absolute Gasteiger partial charge is 0.423 e. The van der Waals surface area contributed by atoms with E-state index in [1.807, 2.05) is 24.3 Å². The lowest BCUT2D eigenvalue weighted by atomic mass is 9.62. The van der Waals surface area contributed by atoms with Crippen molar-refractivity contribution in [2.24, 2.45) is 17.8 Å². The lowest BCUT2D eigenvalue weighted by Gasteiger charge is -2.42. The molecular formula is C35H44O4. The molecule has 2 aromatic carbocycles. The van der Waals surface area contributed by atoms with Crippen LogP contribution in [0.4, 0.5) is 0 Å². The molecular weight excluding hydrogens is 484 g/mol. The Labute approximate surface area is 234 Å². The summed E-state index contributed by atoms with van der Waals surface area (Å²) >= 11 is 0. The summed E-state index contributed by atoms with van der Waals surface area (Å²) in [4.78, 5) is 24.0. The maximum atomic E-state index is 12.0. The first-order valence-electron chi connectivity index (χ1n) is 14.6. The summed E-state index contributed by atoms with van der Waals surface area (Å²) in [6.07, 6.45) is 12.8. The third kappa shape index (κ3) is 7.29. The molecule has 0 saturated heterocycles. The van der Waals surface area contributed by atoms with Crippen LogP contribution in [0.3, 0.4) is 0 Å². The van der Waals surface area contributed by atoms with Crippen LogP contribution in [0.25, 0.3) is 0 Å². The minimum Gasteiger partial charge on any atom is -0.423 e. The van der Waals surface area contributed by atoms with E-state index in [0.717, 1.165) is 30.6 Å². The number of carbonyl (C=O) groups is 2. The summed E-state index contributed by atoms with van der Waals surface area (Å²) in [6.45, 7) is 13.0. The molecule has 208 valence electrons. The van der Waals surface area contributed by atoms with Gasteiger partial charge in [-0.05, 0) is 92.7 Å². The summed E-state index contributed by atoms with van der Waals surface area (Å²) in [7, 11) is 0. The number of rotatable bonds is 9. The first-order valence-corrected chi connectivity index (χ1v) is 14.6. The molecule has 0 atom stereocenters. The molecule has 4 nitrogen and oxygen atoms in total. The van der Waals surface area contributed by atoms with Gasteiger partial charge in [0.1, 0.15) is 11.5 Å². The standard InChI is InChI=1S/C35H44O4/c1-24(2)33(36)38-31-16-12-29(13-17-31)35(30-14-18-32(19-15-30)39-34(37)25(3)4)22-20-28(21-23-35)11-10-27-8-6-26(5)7-9-27/h12-19,26-28H,1,3,6-11,20-23H2,2,4-5H3.